The fourth-order valence-electron chi connectivity index (χ4n) is 2.44. The zero-order valence-electron chi connectivity index (χ0n) is 12.0. The number of aromatic hydroxyl groups is 1. The molecule has 1 aliphatic rings. The van der Waals surface area contributed by atoms with Gasteiger partial charge in [0.1, 0.15) is 18.1 Å². The lowest BCUT2D eigenvalue weighted by Gasteiger charge is -2.20. The van der Waals surface area contributed by atoms with Crippen LogP contribution in [0.25, 0.3) is 0 Å². The SMILES string of the molecule is NCc1cc(C(=O)N2CCOc3cc(O)ccc3C2)ccn1. The van der Waals surface area contributed by atoms with Gasteiger partial charge in [-0.05, 0) is 24.3 Å². The molecule has 6 nitrogen and oxygen atoms in total. The van der Waals surface area contributed by atoms with Gasteiger partial charge in [0, 0.05) is 36.5 Å². The number of pyridine rings is 1. The van der Waals surface area contributed by atoms with Gasteiger partial charge in [0.2, 0.25) is 0 Å². The molecule has 2 aromatic rings. The quantitative estimate of drug-likeness (QED) is 0.872. The molecular formula is C16H17N3O3. The number of nitrogens with two attached hydrogens (primary N) is 1. The van der Waals surface area contributed by atoms with Crippen molar-refractivity contribution in [2.75, 3.05) is 13.2 Å². The second kappa shape index (κ2) is 6.03. The fraction of sp³-hybridized carbons (Fsp3) is 0.250. The maximum atomic E-state index is 12.6. The number of aromatic nitrogens is 1. The summed E-state index contributed by atoms with van der Waals surface area (Å²) in [5, 5.41) is 9.51. The topological polar surface area (TPSA) is 88.7 Å². The first kappa shape index (κ1) is 14.3. The summed E-state index contributed by atoms with van der Waals surface area (Å²) in [7, 11) is 0. The Morgan fingerprint density at radius 2 is 2.23 bits per heavy atom. The first-order chi connectivity index (χ1) is 10.7. The first-order valence-electron chi connectivity index (χ1n) is 7.06. The van der Waals surface area contributed by atoms with Gasteiger partial charge in [-0.15, -0.1) is 0 Å². The number of nitrogens with zero attached hydrogens (tertiary/aromatic N) is 2. The van der Waals surface area contributed by atoms with Crippen LogP contribution in [0.4, 0.5) is 0 Å². The smallest absolute Gasteiger partial charge is 0.254 e. The number of hydrogen-bond donors (Lipinski definition) is 2. The molecule has 1 aromatic heterocycles. The fourth-order valence-corrected chi connectivity index (χ4v) is 2.44. The Morgan fingerprint density at radius 1 is 1.36 bits per heavy atom. The molecule has 1 aliphatic heterocycles. The predicted octanol–water partition coefficient (Wildman–Crippen LogP) is 1.28. The summed E-state index contributed by atoms with van der Waals surface area (Å²) in [5.74, 6) is 0.689. The summed E-state index contributed by atoms with van der Waals surface area (Å²) in [4.78, 5) is 18.5. The third-order valence-electron chi connectivity index (χ3n) is 3.59. The van der Waals surface area contributed by atoms with Crippen molar-refractivity contribution >= 4 is 5.91 Å². The lowest BCUT2D eigenvalue weighted by Crippen LogP contribution is -2.32. The number of rotatable bonds is 2. The number of benzene rings is 1. The average molecular weight is 299 g/mol. The van der Waals surface area contributed by atoms with Crippen LogP contribution in [-0.2, 0) is 13.1 Å². The second-order valence-electron chi connectivity index (χ2n) is 5.11. The lowest BCUT2D eigenvalue weighted by atomic mass is 10.1. The molecule has 0 unspecified atom stereocenters. The van der Waals surface area contributed by atoms with Crippen LogP contribution in [0.5, 0.6) is 11.5 Å². The third-order valence-corrected chi connectivity index (χ3v) is 3.59. The number of amides is 1. The van der Waals surface area contributed by atoms with Crippen LogP contribution < -0.4 is 10.5 Å². The van der Waals surface area contributed by atoms with Crippen LogP contribution in [0, 0.1) is 0 Å². The minimum absolute atomic E-state index is 0.0818. The van der Waals surface area contributed by atoms with Crippen LogP contribution in [0.1, 0.15) is 21.6 Å². The molecule has 0 aliphatic carbocycles. The Kier molecular flexibility index (Phi) is 3.93. The third kappa shape index (κ3) is 2.87. The Labute approximate surface area is 128 Å². The van der Waals surface area contributed by atoms with Crippen molar-refractivity contribution in [3.05, 3.63) is 53.3 Å². The van der Waals surface area contributed by atoms with Crippen molar-refractivity contribution in [3.8, 4) is 11.5 Å². The minimum atomic E-state index is -0.0818. The molecular weight excluding hydrogens is 282 g/mol. The standard InChI is InChI=1S/C16H17N3O3/c17-9-13-7-11(3-4-18-13)16(21)19-5-6-22-15-8-14(20)2-1-12(15)10-19/h1-4,7-8,20H,5-6,9-10,17H2. The number of carbonyl (C=O) groups is 1. The predicted molar refractivity (Wildman–Crippen MR) is 80.5 cm³/mol. The Balaban J connectivity index is 1.85. The van der Waals surface area contributed by atoms with Gasteiger partial charge >= 0.3 is 0 Å². The van der Waals surface area contributed by atoms with Crippen molar-refractivity contribution in [3.63, 3.8) is 0 Å². The van der Waals surface area contributed by atoms with E-state index in [-0.39, 0.29) is 11.7 Å². The molecule has 114 valence electrons. The van der Waals surface area contributed by atoms with Gasteiger partial charge in [0.25, 0.3) is 5.91 Å². The van der Waals surface area contributed by atoms with Crippen LogP contribution in [0.3, 0.4) is 0 Å². The molecule has 0 saturated heterocycles. The van der Waals surface area contributed by atoms with E-state index in [9.17, 15) is 9.90 Å². The molecule has 6 heteroatoms. The lowest BCUT2D eigenvalue weighted by molar-refractivity contribution is 0.0733. The maximum absolute atomic E-state index is 12.6. The van der Waals surface area contributed by atoms with Gasteiger partial charge in [0.15, 0.2) is 0 Å². The van der Waals surface area contributed by atoms with E-state index in [4.69, 9.17) is 10.5 Å². The van der Waals surface area contributed by atoms with Crippen LogP contribution in [0.15, 0.2) is 36.5 Å². The van der Waals surface area contributed by atoms with Gasteiger partial charge in [-0.1, -0.05) is 0 Å². The maximum Gasteiger partial charge on any atom is 0.254 e. The normalized spacial score (nSPS) is 14.0. The monoisotopic (exact) mass is 299 g/mol. The number of ether oxygens (including phenoxy) is 1. The molecule has 0 spiro atoms. The molecule has 1 aromatic carbocycles. The van der Waals surface area contributed by atoms with Crippen molar-refractivity contribution in [1.82, 2.24) is 9.88 Å². The number of hydrogen-bond acceptors (Lipinski definition) is 5. The highest BCUT2D eigenvalue weighted by molar-refractivity contribution is 5.94. The largest absolute Gasteiger partial charge is 0.508 e. The molecule has 0 saturated carbocycles. The highest BCUT2D eigenvalue weighted by atomic mass is 16.5. The van der Waals surface area contributed by atoms with E-state index in [1.54, 1.807) is 41.4 Å². The average Bonchev–Trinajstić information content (AvgIpc) is 2.76. The van der Waals surface area contributed by atoms with E-state index in [0.29, 0.717) is 43.2 Å². The van der Waals surface area contributed by atoms with E-state index in [1.807, 2.05) is 0 Å². The summed E-state index contributed by atoms with van der Waals surface area (Å²) in [6.45, 7) is 1.60. The highest BCUT2D eigenvalue weighted by Gasteiger charge is 2.21. The molecule has 0 radical (unpaired) electrons. The van der Waals surface area contributed by atoms with E-state index >= 15 is 0 Å². The van der Waals surface area contributed by atoms with Crippen molar-refractivity contribution in [2.24, 2.45) is 5.73 Å². The van der Waals surface area contributed by atoms with Crippen molar-refractivity contribution < 1.29 is 14.6 Å². The van der Waals surface area contributed by atoms with Crippen molar-refractivity contribution in [1.29, 1.82) is 0 Å². The summed E-state index contributed by atoms with van der Waals surface area (Å²) in [6, 6.07) is 8.34. The van der Waals surface area contributed by atoms with E-state index in [0.717, 1.165) is 5.56 Å². The molecule has 3 N–H and O–H groups in total. The van der Waals surface area contributed by atoms with Gasteiger partial charge in [-0.3, -0.25) is 9.78 Å². The van der Waals surface area contributed by atoms with Crippen LogP contribution >= 0.6 is 0 Å². The van der Waals surface area contributed by atoms with Gasteiger partial charge < -0.3 is 20.5 Å². The second-order valence-corrected chi connectivity index (χ2v) is 5.11. The molecule has 0 fully saturated rings. The number of phenolic OH excluding ortho intramolecular Hbond substituents is 1. The number of fused-ring (bicyclic) bond motifs is 1. The zero-order valence-corrected chi connectivity index (χ0v) is 12.0. The Bertz CT molecular complexity index is 703. The summed E-state index contributed by atoms with van der Waals surface area (Å²) < 4.78 is 5.60. The summed E-state index contributed by atoms with van der Waals surface area (Å²) in [6.07, 6.45) is 1.59. The van der Waals surface area contributed by atoms with E-state index in [2.05, 4.69) is 4.98 Å². The molecule has 3 rings (SSSR count). The summed E-state index contributed by atoms with van der Waals surface area (Å²) in [5.41, 5.74) is 7.69. The molecule has 2 heterocycles. The van der Waals surface area contributed by atoms with Crippen LogP contribution in [0.2, 0.25) is 0 Å². The summed E-state index contributed by atoms with van der Waals surface area (Å²) >= 11 is 0. The van der Waals surface area contributed by atoms with Gasteiger partial charge in [-0.2, -0.15) is 0 Å². The first-order valence-corrected chi connectivity index (χ1v) is 7.06. The number of phenols is 1. The zero-order chi connectivity index (χ0) is 15.5. The number of carbonyl (C=O) groups excluding carboxylic acids is 1. The van der Waals surface area contributed by atoms with Gasteiger partial charge in [-0.25, -0.2) is 0 Å². The Morgan fingerprint density at radius 3 is 3.05 bits per heavy atom. The minimum Gasteiger partial charge on any atom is -0.508 e. The van der Waals surface area contributed by atoms with E-state index in [1.165, 1.54) is 0 Å². The van der Waals surface area contributed by atoms with Crippen LogP contribution in [-0.4, -0.2) is 34.0 Å². The van der Waals surface area contributed by atoms with Crippen molar-refractivity contribution in [2.45, 2.75) is 13.1 Å². The molecule has 1 amide bonds. The van der Waals surface area contributed by atoms with E-state index < -0.39 is 0 Å². The molecule has 0 bridgehead atoms. The molecule has 22 heavy (non-hydrogen) atoms. The van der Waals surface area contributed by atoms with Gasteiger partial charge in [0.05, 0.1) is 12.2 Å². The molecule has 0 atom stereocenters. The Hall–Kier alpha value is -2.60. The highest BCUT2D eigenvalue weighted by Crippen LogP contribution is 2.27.